The molecule has 4 aromatic rings. The van der Waals surface area contributed by atoms with Gasteiger partial charge in [-0.05, 0) is 53.6 Å². The predicted molar refractivity (Wildman–Crippen MR) is 93.7 cm³/mol. The first-order valence-electron chi connectivity index (χ1n) is 7.58. The molecule has 0 fully saturated rings. The van der Waals surface area contributed by atoms with Gasteiger partial charge in [-0.15, -0.1) is 0 Å². The molecule has 0 amide bonds. The maximum atomic E-state index is 9.65. The first-order valence-corrected chi connectivity index (χ1v) is 7.58. The maximum Gasteiger partial charge on any atom is 0.135 e. The van der Waals surface area contributed by atoms with Crippen molar-refractivity contribution in [2.45, 2.75) is 0 Å². The summed E-state index contributed by atoms with van der Waals surface area (Å²) in [5, 5.41) is 39.4. The summed E-state index contributed by atoms with van der Waals surface area (Å²) in [5.41, 5.74) is 2.69. The van der Waals surface area contributed by atoms with Crippen molar-refractivity contribution >= 4 is 11.0 Å². The molecule has 1 heterocycles. The highest BCUT2D eigenvalue weighted by Gasteiger charge is 2.10. The lowest BCUT2D eigenvalue weighted by molar-refractivity contribution is 0.449. The van der Waals surface area contributed by atoms with E-state index < -0.39 is 0 Å². The van der Waals surface area contributed by atoms with Crippen LogP contribution < -0.4 is 0 Å². The fourth-order valence-corrected chi connectivity index (χ4v) is 2.86. The fourth-order valence-electron chi connectivity index (χ4n) is 2.86. The average Bonchev–Trinajstić information content (AvgIpc) is 2.96. The third kappa shape index (κ3) is 2.83. The zero-order valence-corrected chi connectivity index (χ0v) is 13.0. The Labute approximate surface area is 142 Å². The van der Waals surface area contributed by atoms with Crippen LogP contribution in [0.5, 0.6) is 23.0 Å². The minimum atomic E-state index is -0.0496. The molecule has 0 radical (unpaired) electrons. The zero-order chi connectivity index (χ0) is 17.6. The van der Waals surface area contributed by atoms with Crippen LogP contribution in [0.2, 0.25) is 0 Å². The largest absolute Gasteiger partial charge is 0.508 e. The number of furan rings is 1. The Kier molecular flexibility index (Phi) is 3.28. The predicted octanol–water partition coefficient (Wildman–Crippen LogP) is 4.59. The van der Waals surface area contributed by atoms with Gasteiger partial charge in [0.1, 0.15) is 34.3 Å². The number of benzene rings is 3. The fraction of sp³-hybridized carbons (Fsp3) is 0. The lowest BCUT2D eigenvalue weighted by Gasteiger charge is -2.03. The molecule has 0 unspecified atom stereocenters. The summed E-state index contributed by atoms with van der Waals surface area (Å²) >= 11 is 0. The molecule has 0 aliphatic heterocycles. The smallest absolute Gasteiger partial charge is 0.135 e. The quantitative estimate of drug-likeness (QED) is 0.430. The molecule has 25 heavy (non-hydrogen) atoms. The van der Waals surface area contributed by atoms with Crippen LogP contribution in [-0.2, 0) is 0 Å². The second-order valence-corrected chi connectivity index (χ2v) is 5.84. The van der Waals surface area contributed by atoms with E-state index in [2.05, 4.69) is 0 Å². The average molecular weight is 334 g/mol. The van der Waals surface area contributed by atoms with E-state index in [1.165, 1.54) is 24.3 Å². The molecule has 5 heteroatoms. The molecule has 0 spiro atoms. The molecule has 4 rings (SSSR count). The molecular formula is C20H14O5. The molecule has 0 saturated heterocycles. The van der Waals surface area contributed by atoms with Crippen molar-refractivity contribution < 1.29 is 24.8 Å². The van der Waals surface area contributed by atoms with Gasteiger partial charge in [-0.25, -0.2) is 0 Å². The highest BCUT2D eigenvalue weighted by atomic mass is 16.3. The van der Waals surface area contributed by atoms with Crippen molar-refractivity contribution in [1.82, 2.24) is 0 Å². The van der Waals surface area contributed by atoms with E-state index >= 15 is 0 Å². The van der Waals surface area contributed by atoms with Gasteiger partial charge in [-0.3, -0.25) is 0 Å². The Hall–Kier alpha value is -3.60. The Morgan fingerprint density at radius 1 is 0.520 bits per heavy atom. The highest BCUT2D eigenvalue weighted by molar-refractivity contribution is 5.87. The van der Waals surface area contributed by atoms with E-state index in [1.807, 2.05) is 12.1 Å². The molecule has 5 nitrogen and oxygen atoms in total. The summed E-state index contributed by atoms with van der Waals surface area (Å²) < 4.78 is 5.78. The number of rotatable bonds is 2. The monoisotopic (exact) mass is 334 g/mol. The molecular weight excluding hydrogens is 320 g/mol. The Morgan fingerprint density at radius 3 is 1.68 bits per heavy atom. The molecule has 3 aromatic carbocycles. The third-order valence-corrected chi connectivity index (χ3v) is 3.94. The molecule has 4 N–H and O–H groups in total. The molecule has 1 aromatic heterocycles. The van der Waals surface area contributed by atoms with Gasteiger partial charge in [-0.2, -0.15) is 0 Å². The molecule has 0 bridgehead atoms. The topological polar surface area (TPSA) is 94.1 Å². The van der Waals surface area contributed by atoms with Crippen molar-refractivity contribution in [2.24, 2.45) is 0 Å². The van der Waals surface area contributed by atoms with E-state index in [-0.39, 0.29) is 23.0 Å². The van der Waals surface area contributed by atoms with Crippen LogP contribution in [0.1, 0.15) is 0 Å². The van der Waals surface area contributed by atoms with Crippen LogP contribution in [0.3, 0.4) is 0 Å². The van der Waals surface area contributed by atoms with Crippen molar-refractivity contribution in [3.8, 4) is 45.4 Å². The van der Waals surface area contributed by atoms with Crippen LogP contribution in [-0.4, -0.2) is 20.4 Å². The number of phenolic OH excluding ortho intramolecular Hbond substituents is 4. The third-order valence-electron chi connectivity index (χ3n) is 3.94. The minimum absolute atomic E-state index is 0.0155. The van der Waals surface area contributed by atoms with Crippen LogP contribution in [0.25, 0.3) is 33.4 Å². The summed E-state index contributed by atoms with van der Waals surface area (Å²) in [6.07, 6.45) is 0. The van der Waals surface area contributed by atoms with Gasteiger partial charge in [0.15, 0.2) is 0 Å². The highest BCUT2D eigenvalue weighted by Crippen LogP contribution is 2.35. The molecule has 0 aliphatic carbocycles. The first-order chi connectivity index (χ1) is 12.0. The number of fused-ring (bicyclic) bond motifs is 1. The van der Waals surface area contributed by atoms with Crippen molar-refractivity contribution in [3.05, 3.63) is 60.7 Å². The molecule has 0 saturated carbocycles. The van der Waals surface area contributed by atoms with Crippen LogP contribution in [0, 0.1) is 0 Å². The molecule has 0 aliphatic rings. The van der Waals surface area contributed by atoms with E-state index in [0.29, 0.717) is 22.5 Å². The van der Waals surface area contributed by atoms with Gasteiger partial charge in [-0.1, -0.05) is 6.07 Å². The first kappa shape index (κ1) is 15.0. The van der Waals surface area contributed by atoms with Gasteiger partial charge in [0.25, 0.3) is 0 Å². The maximum absolute atomic E-state index is 9.65. The van der Waals surface area contributed by atoms with Gasteiger partial charge in [0.05, 0.1) is 0 Å². The van der Waals surface area contributed by atoms with Crippen molar-refractivity contribution in [3.63, 3.8) is 0 Å². The summed E-state index contributed by atoms with van der Waals surface area (Å²) in [5.74, 6) is 0.381. The Morgan fingerprint density at radius 2 is 1.08 bits per heavy atom. The minimum Gasteiger partial charge on any atom is -0.508 e. The van der Waals surface area contributed by atoms with E-state index in [4.69, 9.17) is 4.42 Å². The van der Waals surface area contributed by atoms with Gasteiger partial charge in [0, 0.05) is 23.1 Å². The Balaban J connectivity index is 1.81. The summed E-state index contributed by atoms with van der Waals surface area (Å²) in [6, 6.07) is 15.9. The summed E-state index contributed by atoms with van der Waals surface area (Å²) in [4.78, 5) is 0. The number of phenols is 4. The van der Waals surface area contributed by atoms with Crippen LogP contribution in [0.4, 0.5) is 0 Å². The van der Waals surface area contributed by atoms with Gasteiger partial charge in [0.2, 0.25) is 0 Å². The lowest BCUT2D eigenvalue weighted by atomic mass is 10.0. The normalized spacial score (nSPS) is 11.0. The molecule has 0 atom stereocenters. The van der Waals surface area contributed by atoms with Gasteiger partial charge >= 0.3 is 0 Å². The second kappa shape index (κ2) is 5.49. The standard InChI is InChI=1S/C20H14O5/c21-15-4-12(5-16(22)9-15)11-1-2-19-13(3-11)8-20(25-19)14-6-17(23)10-18(24)7-14/h1-10,21-24H. The second-order valence-electron chi connectivity index (χ2n) is 5.84. The Bertz CT molecular complexity index is 1000. The van der Waals surface area contributed by atoms with E-state index in [9.17, 15) is 20.4 Å². The number of hydrogen-bond acceptors (Lipinski definition) is 5. The summed E-state index contributed by atoms with van der Waals surface area (Å²) in [7, 11) is 0. The van der Waals surface area contributed by atoms with Crippen LogP contribution in [0.15, 0.2) is 65.1 Å². The van der Waals surface area contributed by atoms with Gasteiger partial charge < -0.3 is 24.8 Å². The summed E-state index contributed by atoms with van der Waals surface area (Å²) in [6.45, 7) is 0. The molecule has 124 valence electrons. The zero-order valence-electron chi connectivity index (χ0n) is 13.0. The SMILES string of the molecule is Oc1cc(O)cc(-c2ccc3oc(-c4cc(O)cc(O)c4)cc3c2)c1. The van der Waals surface area contributed by atoms with E-state index in [1.54, 1.807) is 24.3 Å². The lowest BCUT2D eigenvalue weighted by Crippen LogP contribution is -1.78. The van der Waals surface area contributed by atoms with E-state index in [0.717, 1.165) is 10.9 Å². The number of aromatic hydroxyl groups is 4. The van der Waals surface area contributed by atoms with Crippen LogP contribution >= 0.6 is 0 Å². The van der Waals surface area contributed by atoms with Crippen molar-refractivity contribution in [1.29, 1.82) is 0 Å². The van der Waals surface area contributed by atoms with Crippen molar-refractivity contribution in [2.75, 3.05) is 0 Å². The number of hydrogen-bond donors (Lipinski definition) is 4.